The van der Waals surface area contributed by atoms with Crippen molar-refractivity contribution < 1.29 is 9.59 Å². The Morgan fingerprint density at radius 3 is 2.45 bits per heavy atom. The van der Waals surface area contributed by atoms with E-state index in [1.54, 1.807) is 0 Å². The van der Waals surface area contributed by atoms with Crippen LogP contribution in [0.25, 0.3) is 0 Å². The molecule has 3 aliphatic rings. The van der Waals surface area contributed by atoms with E-state index in [-0.39, 0.29) is 36.3 Å². The predicted octanol–water partition coefficient (Wildman–Crippen LogP) is 3.51. The zero-order chi connectivity index (χ0) is 19.5. The number of anilines is 1. The molecule has 0 radical (unpaired) electrons. The quantitative estimate of drug-likeness (QED) is 0.696. The van der Waals surface area contributed by atoms with Crippen LogP contribution in [0.4, 0.5) is 10.5 Å². The Kier molecular flexibility index (Phi) is 7.41. The van der Waals surface area contributed by atoms with Crippen molar-refractivity contribution in [1.29, 1.82) is 0 Å². The van der Waals surface area contributed by atoms with Crippen molar-refractivity contribution in [3.63, 3.8) is 0 Å². The highest BCUT2D eigenvalue weighted by Gasteiger charge is 2.40. The summed E-state index contributed by atoms with van der Waals surface area (Å²) in [5.74, 6) is 1.25. The second kappa shape index (κ2) is 9.81. The number of halogens is 1. The zero-order valence-corrected chi connectivity index (χ0v) is 17.8. The van der Waals surface area contributed by atoms with Gasteiger partial charge in [-0.1, -0.05) is 18.6 Å². The summed E-state index contributed by atoms with van der Waals surface area (Å²) in [6.07, 6.45) is 7.60. The molecular formula is C22H33ClN4O2. The van der Waals surface area contributed by atoms with Gasteiger partial charge in [0.1, 0.15) is 0 Å². The van der Waals surface area contributed by atoms with E-state index < -0.39 is 0 Å². The fourth-order valence-electron chi connectivity index (χ4n) is 5.22. The SMILES string of the molecule is Cl.NC1C2CCCC1CC(C(=O)NCc1cccc(NC(=O)N3CCCC3)c1)C2. The molecule has 160 valence electrons. The van der Waals surface area contributed by atoms with E-state index in [2.05, 4.69) is 10.6 Å². The molecule has 1 saturated heterocycles. The van der Waals surface area contributed by atoms with Crippen molar-refractivity contribution in [3.05, 3.63) is 29.8 Å². The third-order valence-corrected chi connectivity index (χ3v) is 6.82. The van der Waals surface area contributed by atoms with Gasteiger partial charge < -0.3 is 21.3 Å². The van der Waals surface area contributed by atoms with Crippen LogP contribution >= 0.6 is 12.4 Å². The van der Waals surface area contributed by atoms with Gasteiger partial charge in [0.15, 0.2) is 0 Å². The molecule has 0 aromatic heterocycles. The number of fused-ring (bicyclic) bond motifs is 2. The fraction of sp³-hybridized carbons (Fsp3) is 0.636. The summed E-state index contributed by atoms with van der Waals surface area (Å²) in [5.41, 5.74) is 8.12. The molecule has 7 heteroatoms. The van der Waals surface area contributed by atoms with Gasteiger partial charge in [0.05, 0.1) is 0 Å². The minimum absolute atomic E-state index is 0. The highest BCUT2D eigenvalue weighted by molar-refractivity contribution is 5.89. The Hall–Kier alpha value is -1.79. The van der Waals surface area contributed by atoms with Crippen LogP contribution in [-0.2, 0) is 11.3 Å². The van der Waals surface area contributed by atoms with Crippen LogP contribution in [-0.4, -0.2) is 36.0 Å². The van der Waals surface area contributed by atoms with Gasteiger partial charge in [0.2, 0.25) is 5.91 Å². The maximum absolute atomic E-state index is 12.7. The molecule has 29 heavy (non-hydrogen) atoms. The number of benzene rings is 1. The third-order valence-electron chi connectivity index (χ3n) is 6.82. The van der Waals surface area contributed by atoms with Crippen molar-refractivity contribution >= 4 is 30.0 Å². The van der Waals surface area contributed by atoms with Crippen molar-refractivity contribution in [2.45, 2.75) is 57.5 Å². The molecule has 4 N–H and O–H groups in total. The van der Waals surface area contributed by atoms with Crippen LogP contribution in [0.5, 0.6) is 0 Å². The molecule has 2 unspecified atom stereocenters. The van der Waals surface area contributed by atoms with Gasteiger partial charge in [-0.2, -0.15) is 0 Å². The Bertz CT molecular complexity index is 709. The lowest BCUT2D eigenvalue weighted by Crippen LogP contribution is -2.49. The molecule has 3 fully saturated rings. The molecule has 2 atom stereocenters. The number of urea groups is 1. The van der Waals surface area contributed by atoms with Crippen LogP contribution in [0, 0.1) is 17.8 Å². The van der Waals surface area contributed by atoms with Crippen LogP contribution in [0.2, 0.25) is 0 Å². The van der Waals surface area contributed by atoms with Gasteiger partial charge >= 0.3 is 6.03 Å². The van der Waals surface area contributed by atoms with Crippen molar-refractivity contribution in [1.82, 2.24) is 10.2 Å². The average Bonchev–Trinajstić information content (AvgIpc) is 3.21. The number of carbonyl (C=O) groups excluding carboxylic acids is 2. The number of nitrogens with zero attached hydrogens (tertiary/aromatic N) is 1. The normalized spacial score (nSPS) is 28.4. The Morgan fingerprint density at radius 1 is 1.07 bits per heavy atom. The third kappa shape index (κ3) is 5.23. The topological polar surface area (TPSA) is 87.5 Å². The van der Waals surface area contributed by atoms with Gasteiger partial charge in [-0.3, -0.25) is 4.79 Å². The molecular weight excluding hydrogens is 388 g/mol. The summed E-state index contributed by atoms with van der Waals surface area (Å²) in [7, 11) is 0. The molecule has 2 aliphatic carbocycles. The molecule has 1 heterocycles. The molecule has 1 aliphatic heterocycles. The van der Waals surface area contributed by atoms with Gasteiger partial charge in [-0.15, -0.1) is 12.4 Å². The lowest BCUT2D eigenvalue weighted by molar-refractivity contribution is -0.128. The summed E-state index contributed by atoms with van der Waals surface area (Å²) in [6, 6.07) is 7.99. The van der Waals surface area contributed by atoms with Crippen molar-refractivity contribution in [2.24, 2.45) is 23.5 Å². The van der Waals surface area contributed by atoms with Gasteiger partial charge in [0, 0.05) is 37.3 Å². The van der Waals surface area contributed by atoms with Crippen LogP contribution < -0.4 is 16.4 Å². The van der Waals surface area contributed by atoms with Crippen molar-refractivity contribution in [2.75, 3.05) is 18.4 Å². The lowest BCUT2D eigenvalue weighted by atomic mass is 9.65. The molecule has 4 rings (SSSR count). The summed E-state index contributed by atoms with van der Waals surface area (Å²) in [6.45, 7) is 2.15. The first-order chi connectivity index (χ1) is 13.6. The molecule has 2 saturated carbocycles. The van der Waals surface area contributed by atoms with E-state index in [1.165, 1.54) is 19.3 Å². The monoisotopic (exact) mass is 420 g/mol. The van der Waals surface area contributed by atoms with E-state index in [0.717, 1.165) is 50.0 Å². The summed E-state index contributed by atoms with van der Waals surface area (Å²) in [4.78, 5) is 26.8. The van der Waals surface area contributed by atoms with E-state index in [4.69, 9.17) is 5.73 Å². The Labute approximate surface area is 179 Å². The number of nitrogens with one attached hydrogen (secondary N) is 2. The zero-order valence-electron chi connectivity index (χ0n) is 16.9. The van der Waals surface area contributed by atoms with Crippen LogP contribution in [0.3, 0.4) is 0 Å². The number of hydrogen-bond acceptors (Lipinski definition) is 3. The Morgan fingerprint density at radius 2 is 1.76 bits per heavy atom. The second-order valence-electron chi connectivity index (χ2n) is 8.74. The predicted molar refractivity (Wildman–Crippen MR) is 117 cm³/mol. The summed E-state index contributed by atoms with van der Waals surface area (Å²) in [5, 5.41) is 6.07. The lowest BCUT2D eigenvalue weighted by Gasteiger charge is -2.43. The maximum atomic E-state index is 12.7. The standard InChI is InChI=1S/C22H32N4O2.ClH/c23-20-16-6-4-7-17(20)13-18(12-16)21(27)24-14-15-5-3-8-19(11-15)25-22(28)26-9-1-2-10-26;/h3,5,8,11,16-18,20H,1-2,4,6-7,9-10,12-14,23H2,(H,24,27)(H,25,28);1H. The minimum Gasteiger partial charge on any atom is -0.352 e. The first-order valence-corrected chi connectivity index (χ1v) is 10.8. The number of likely N-dealkylation sites (tertiary alicyclic amines) is 1. The van der Waals surface area contributed by atoms with E-state index >= 15 is 0 Å². The van der Waals surface area contributed by atoms with Crippen LogP contribution in [0.15, 0.2) is 24.3 Å². The maximum Gasteiger partial charge on any atom is 0.321 e. The highest BCUT2D eigenvalue weighted by atomic mass is 35.5. The average molecular weight is 421 g/mol. The van der Waals surface area contributed by atoms with Crippen LogP contribution in [0.1, 0.15) is 50.5 Å². The highest BCUT2D eigenvalue weighted by Crippen LogP contribution is 2.41. The molecule has 1 aromatic rings. The number of carbonyl (C=O) groups is 2. The first kappa shape index (κ1) is 21.9. The fourth-order valence-corrected chi connectivity index (χ4v) is 5.22. The minimum atomic E-state index is -0.0382. The van der Waals surface area contributed by atoms with E-state index in [9.17, 15) is 9.59 Å². The van der Waals surface area contributed by atoms with E-state index in [1.807, 2.05) is 29.2 Å². The second-order valence-corrected chi connectivity index (χ2v) is 8.74. The molecule has 6 nitrogen and oxygen atoms in total. The Balaban J connectivity index is 0.00000240. The van der Waals surface area contributed by atoms with Gasteiger partial charge in [-0.05, 0) is 68.1 Å². The summed E-state index contributed by atoms with van der Waals surface area (Å²) >= 11 is 0. The smallest absolute Gasteiger partial charge is 0.321 e. The number of hydrogen-bond donors (Lipinski definition) is 3. The summed E-state index contributed by atoms with van der Waals surface area (Å²) < 4.78 is 0. The largest absolute Gasteiger partial charge is 0.352 e. The van der Waals surface area contributed by atoms with Gasteiger partial charge in [0.25, 0.3) is 0 Å². The molecule has 1 aromatic carbocycles. The first-order valence-electron chi connectivity index (χ1n) is 10.8. The van der Waals surface area contributed by atoms with Crippen molar-refractivity contribution in [3.8, 4) is 0 Å². The molecule has 0 spiro atoms. The van der Waals surface area contributed by atoms with E-state index in [0.29, 0.717) is 18.4 Å². The number of nitrogens with two attached hydrogens (primary N) is 1. The molecule has 3 amide bonds. The number of rotatable bonds is 4. The number of amides is 3. The van der Waals surface area contributed by atoms with Gasteiger partial charge in [-0.25, -0.2) is 4.79 Å². The molecule has 2 bridgehead atoms.